The van der Waals surface area contributed by atoms with E-state index in [0.29, 0.717) is 24.6 Å². The zero-order valence-corrected chi connectivity index (χ0v) is 21.1. The molecule has 34 heavy (non-hydrogen) atoms. The molecule has 182 valence electrons. The maximum absolute atomic E-state index is 11.8. The Balaban J connectivity index is 1.56. The zero-order valence-electron chi connectivity index (χ0n) is 19.5. The second-order valence-corrected chi connectivity index (χ2v) is 11.1. The van der Waals surface area contributed by atoms with E-state index in [2.05, 4.69) is 26.7 Å². The predicted molar refractivity (Wildman–Crippen MR) is 138 cm³/mol. The number of morpholine rings is 1. The van der Waals surface area contributed by atoms with Gasteiger partial charge in [0.25, 0.3) is 0 Å². The number of fused-ring (bicyclic) bond motifs is 1. The van der Waals surface area contributed by atoms with E-state index in [1.54, 1.807) is 30.0 Å². The highest BCUT2D eigenvalue weighted by molar-refractivity contribution is 7.81. The number of nitrogens with two attached hydrogens (primary N) is 2. The molecule has 0 spiro atoms. The number of rotatable bonds is 5. The van der Waals surface area contributed by atoms with Crippen LogP contribution in [-0.4, -0.2) is 87.1 Å². The Bertz CT molecular complexity index is 1200. The molecule has 0 saturated carbocycles. The summed E-state index contributed by atoms with van der Waals surface area (Å²) in [5.41, 5.74) is 15.7. The highest BCUT2D eigenvalue weighted by Crippen LogP contribution is 2.44. The van der Waals surface area contributed by atoms with E-state index in [4.69, 9.17) is 21.2 Å². The third-order valence-corrected chi connectivity index (χ3v) is 8.87. The second-order valence-electron chi connectivity index (χ2n) is 8.61. The molecule has 1 atom stereocenters. The van der Waals surface area contributed by atoms with Crippen molar-refractivity contribution in [2.24, 2.45) is 0 Å². The van der Waals surface area contributed by atoms with Crippen molar-refractivity contribution in [3.05, 3.63) is 22.8 Å². The van der Waals surface area contributed by atoms with Gasteiger partial charge in [0.2, 0.25) is 5.95 Å². The maximum atomic E-state index is 11.8. The molecule has 3 aromatic rings. The molecular weight excluding hydrogens is 472 g/mol. The minimum Gasteiger partial charge on any atom is -0.396 e. The van der Waals surface area contributed by atoms with Gasteiger partial charge in [0.15, 0.2) is 0 Å². The molecule has 2 aliphatic heterocycles. The second kappa shape index (κ2) is 9.70. The van der Waals surface area contributed by atoms with Crippen LogP contribution in [0, 0.1) is 6.92 Å². The fourth-order valence-electron chi connectivity index (χ4n) is 4.55. The van der Waals surface area contributed by atoms with Gasteiger partial charge < -0.3 is 21.1 Å². The van der Waals surface area contributed by atoms with Crippen molar-refractivity contribution >= 4 is 49.9 Å². The summed E-state index contributed by atoms with van der Waals surface area (Å²) in [5.74, 6) is 1.16. The van der Waals surface area contributed by atoms with Crippen LogP contribution in [-0.2, 0) is 22.3 Å². The lowest BCUT2D eigenvalue weighted by molar-refractivity contribution is 0.122. The minimum atomic E-state index is -0.911. The van der Waals surface area contributed by atoms with E-state index >= 15 is 0 Å². The standard InChI is InChI=1S/C22H30N8O2S2/c1-14-16(13-28-3-5-30(6-4-28)34(2)31)33-20-17(14)18(23)19(15-11-25-22(24)26-12-15)27-21(20)29-7-9-32-10-8-29/h11-12H,3-10,13,23H2,1-2H3,(H2,24,25,26). The van der Waals surface area contributed by atoms with Gasteiger partial charge in [-0.1, -0.05) is 0 Å². The van der Waals surface area contributed by atoms with Gasteiger partial charge in [-0.05, 0) is 12.5 Å². The number of piperazine rings is 1. The fraction of sp³-hybridized carbons (Fsp3) is 0.500. The molecule has 12 heteroatoms. The minimum absolute atomic E-state index is 0.220. The molecule has 2 saturated heterocycles. The molecular formula is C22H30N8O2S2. The molecule has 1 unspecified atom stereocenters. The van der Waals surface area contributed by atoms with Crippen LogP contribution in [0.2, 0.25) is 0 Å². The number of aryl methyl sites for hydroxylation is 1. The molecule has 2 aliphatic rings. The highest BCUT2D eigenvalue weighted by atomic mass is 32.2. The van der Waals surface area contributed by atoms with E-state index in [9.17, 15) is 4.21 Å². The van der Waals surface area contributed by atoms with Crippen molar-refractivity contribution in [1.82, 2.24) is 24.2 Å². The van der Waals surface area contributed by atoms with Gasteiger partial charge in [-0.3, -0.25) is 4.90 Å². The molecule has 5 rings (SSSR count). The lowest BCUT2D eigenvalue weighted by Gasteiger charge is -2.32. The van der Waals surface area contributed by atoms with Crippen LogP contribution >= 0.6 is 11.3 Å². The van der Waals surface area contributed by atoms with Crippen LogP contribution in [0.25, 0.3) is 21.3 Å². The number of thiophene rings is 1. The summed E-state index contributed by atoms with van der Waals surface area (Å²) in [7, 11) is -0.911. The van der Waals surface area contributed by atoms with Crippen molar-refractivity contribution in [3.8, 4) is 11.3 Å². The Kier molecular flexibility index (Phi) is 6.67. The van der Waals surface area contributed by atoms with Crippen molar-refractivity contribution in [3.63, 3.8) is 0 Å². The number of pyridine rings is 1. The topological polar surface area (TPSA) is 127 Å². The van der Waals surface area contributed by atoms with Crippen LogP contribution in [0.15, 0.2) is 12.4 Å². The van der Waals surface area contributed by atoms with Gasteiger partial charge in [-0.15, -0.1) is 11.3 Å². The van der Waals surface area contributed by atoms with Gasteiger partial charge in [-0.25, -0.2) is 23.5 Å². The molecule has 0 aliphatic carbocycles. The smallest absolute Gasteiger partial charge is 0.219 e. The van der Waals surface area contributed by atoms with E-state index in [-0.39, 0.29) is 5.95 Å². The predicted octanol–water partition coefficient (Wildman–Crippen LogP) is 1.47. The van der Waals surface area contributed by atoms with Crippen LogP contribution in [0.4, 0.5) is 17.5 Å². The Hall–Kier alpha value is -2.38. The summed E-state index contributed by atoms with van der Waals surface area (Å²) < 4.78 is 20.5. The molecule has 2 fully saturated rings. The van der Waals surface area contributed by atoms with Crippen LogP contribution in [0.3, 0.4) is 0 Å². The number of ether oxygens (including phenoxy) is 1. The quantitative estimate of drug-likeness (QED) is 0.533. The van der Waals surface area contributed by atoms with E-state index in [1.165, 1.54) is 10.4 Å². The molecule has 0 aromatic carbocycles. The number of nitrogen functional groups attached to an aromatic ring is 2. The summed E-state index contributed by atoms with van der Waals surface area (Å²) >= 11 is 1.77. The molecule has 0 radical (unpaired) electrons. The summed E-state index contributed by atoms with van der Waals surface area (Å²) in [5, 5.41) is 1.05. The summed E-state index contributed by atoms with van der Waals surface area (Å²) in [6, 6.07) is 0. The third-order valence-electron chi connectivity index (χ3n) is 6.51. The number of nitrogens with zero attached hydrogens (tertiary/aromatic N) is 6. The molecule has 5 heterocycles. The average molecular weight is 503 g/mol. The molecule has 0 amide bonds. The van der Waals surface area contributed by atoms with E-state index in [0.717, 1.165) is 67.3 Å². The van der Waals surface area contributed by atoms with Crippen molar-refractivity contribution in [2.45, 2.75) is 13.5 Å². The number of anilines is 3. The van der Waals surface area contributed by atoms with Gasteiger partial charge in [0, 0.05) is 80.3 Å². The molecule has 3 aromatic heterocycles. The van der Waals surface area contributed by atoms with Crippen LogP contribution < -0.4 is 16.4 Å². The first kappa shape index (κ1) is 23.4. The maximum Gasteiger partial charge on any atom is 0.219 e. The Morgan fingerprint density at radius 2 is 1.76 bits per heavy atom. The van der Waals surface area contributed by atoms with Crippen LogP contribution in [0.5, 0.6) is 0 Å². The van der Waals surface area contributed by atoms with E-state index in [1.807, 2.05) is 4.31 Å². The Morgan fingerprint density at radius 1 is 1.09 bits per heavy atom. The van der Waals surface area contributed by atoms with E-state index < -0.39 is 11.0 Å². The number of hydrogen-bond acceptors (Lipinski definition) is 10. The normalized spacial score (nSPS) is 19.1. The first-order valence-electron chi connectivity index (χ1n) is 11.3. The fourth-order valence-corrected chi connectivity index (χ4v) is 6.60. The zero-order chi connectivity index (χ0) is 23.8. The summed E-state index contributed by atoms with van der Waals surface area (Å²) in [4.78, 5) is 19.3. The first-order valence-corrected chi connectivity index (χ1v) is 13.7. The highest BCUT2D eigenvalue weighted by Gasteiger charge is 2.26. The molecule has 10 nitrogen and oxygen atoms in total. The first-order chi connectivity index (χ1) is 16.4. The SMILES string of the molecule is Cc1c(CN2CCN(S(C)=O)CC2)sc2c(N3CCOCC3)nc(-c3cnc(N)nc3)c(N)c12. The lowest BCUT2D eigenvalue weighted by Crippen LogP contribution is -2.46. The number of aromatic nitrogens is 3. The van der Waals surface area contributed by atoms with Crippen molar-refractivity contribution in [1.29, 1.82) is 0 Å². The Morgan fingerprint density at radius 3 is 2.41 bits per heavy atom. The Labute approximate surface area is 205 Å². The van der Waals surface area contributed by atoms with Gasteiger partial charge in [0.05, 0.1) is 40.3 Å². The molecule has 4 N–H and O–H groups in total. The van der Waals surface area contributed by atoms with Gasteiger partial charge in [-0.2, -0.15) is 0 Å². The average Bonchev–Trinajstić information content (AvgIpc) is 3.17. The van der Waals surface area contributed by atoms with Crippen molar-refractivity contribution in [2.75, 3.05) is 75.1 Å². The molecule has 0 bridgehead atoms. The van der Waals surface area contributed by atoms with Gasteiger partial charge in [0.1, 0.15) is 5.82 Å². The van der Waals surface area contributed by atoms with Crippen molar-refractivity contribution < 1.29 is 8.95 Å². The largest absolute Gasteiger partial charge is 0.396 e. The number of hydrogen-bond donors (Lipinski definition) is 2. The summed E-state index contributed by atoms with van der Waals surface area (Å²) in [6.45, 7) is 9.33. The van der Waals surface area contributed by atoms with Gasteiger partial charge >= 0.3 is 0 Å². The monoisotopic (exact) mass is 502 g/mol. The summed E-state index contributed by atoms with van der Waals surface area (Å²) in [6.07, 6.45) is 5.10. The van der Waals surface area contributed by atoms with Crippen LogP contribution in [0.1, 0.15) is 10.4 Å². The third kappa shape index (κ3) is 4.48. The lowest BCUT2D eigenvalue weighted by atomic mass is 10.1.